The van der Waals surface area contributed by atoms with Gasteiger partial charge in [-0.1, -0.05) is 29.5 Å². The van der Waals surface area contributed by atoms with Gasteiger partial charge in [0.15, 0.2) is 0 Å². The summed E-state index contributed by atoms with van der Waals surface area (Å²) in [6.45, 7) is 1.42. The molecule has 24 heavy (non-hydrogen) atoms. The number of carbonyl (C=O) groups is 2. The van der Waals surface area contributed by atoms with Crippen LogP contribution in [0.3, 0.4) is 0 Å². The Kier molecular flexibility index (Phi) is 6.83. The number of hydrogen-bond acceptors (Lipinski definition) is 6. The lowest BCUT2D eigenvalue weighted by Gasteiger charge is -2.09. The largest absolute Gasteiger partial charge is 0.355 e. The molecule has 0 aliphatic rings. The van der Waals surface area contributed by atoms with Crippen molar-refractivity contribution in [2.75, 3.05) is 32.5 Å². The quantitative estimate of drug-likeness (QED) is 0.754. The number of aryl methyl sites for hydroxylation is 1. The predicted octanol–water partition coefficient (Wildman–Crippen LogP) is 1.40. The van der Waals surface area contributed by atoms with Gasteiger partial charge in [0, 0.05) is 31.6 Å². The van der Waals surface area contributed by atoms with Gasteiger partial charge in [0.05, 0.1) is 0 Å². The molecule has 0 spiro atoms. The highest BCUT2D eigenvalue weighted by molar-refractivity contribution is 7.13. The minimum Gasteiger partial charge on any atom is -0.355 e. The molecule has 2 N–H and O–H groups in total. The van der Waals surface area contributed by atoms with Gasteiger partial charge >= 0.3 is 0 Å². The number of rotatable bonds is 8. The standard InChI is InChI=1S/C16H21N5O2S/c1-21(2)11-10-17-13(22)8-9-14-19-20-16(24-14)15(23)18-12-6-4-3-5-7-12/h3-7H,8-11H2,1-2H3,(H,17,22)(H,18,23). The van der Waals surface area contributed by atoms with E-state index in [9.17, 15) is 9.59 Å². The van der Waals surface area contributed by atoms with E-state index in [0.29, 0.717) is 35.1 Å². The lowest BCUT2D eigenvalue weighted by atomic mass is 10.3. The van der Waals surface area contributed by atoms with Gasteiger partial charge in [-0.2, -0.15) is 0 Å². The van der Waals surface area contributed by atoms with Crippen molar-refractivity contribution in [1.29, 1.82) is 0 Å². The SMILES string of the molecule is CN(C)CCNC(=O)CCc1nnc(C(=O)Nc2ccccc2)s1. The number of likely N-dealkylation sites (N-methyl/N-ethyl adjacent to an activating group) is 1. The van der Waals surface area contributed by atoms with E-state index in [1.165, 1.54) is 11.3 Å². The molecule has 1 aromatic heterocycles. The molecule has 128 valence electrons. The molecule has 2 aromatic rings. The van der Waals surface area contributed by atoms with Crippen LogP contribution in [-0.2, 0) is 11.2 Å². The molecule has 7 nitrogen and oxygen atoms in total. The first-order valence-electron chi connectivity index (χ1n) is 7.65. The van der Waals surface area contributed by atoms with Crippen LogP contribution in [0.15, 0.2) is 30.3 Å². The fourth-order valence-electron chi connectivity index (χ4n) is 1.88. The number of nitrogens with one attached hydrogen (secondary N) is 2. The summed E-state index contributed by atoms with van der Waals surface area (Å²) in [5.41, 5.74) is 0.708. The first-order valence-corrected chi connectivity index (χ1v) is 8.46. The minimum atomic E-state index is -0.291. The maximum absolute atomic E-state index is 12.1. The van der Waals surface area contributed by atoms with E-state index in [1.807, 2.05) is 37.2 Å². The Labute approximate surface area is 145 Å². The lowest BCUT2D eigenvalue weighted by Crippen LogP contribution is -2.31. The second-order valence-electron chi connectivity index (χ2n) is 5.47. The number of carbonyl (C=O) groups excluding carboxylic acids is 2. The summed E-state index contributed by atoms with van der Waals surface area (Å²) in [6, 6.07) is 9.17. The van der Waals surface area contributed by atoms with E-state index in [0.717, 1.165) is 6.54 Å². The smallest absolute Gasteiger partial charge is 0.286 e. The second-order valence-corrected chi connectivity index (χ2v) is 6.54. The molecule has 2 rings (SSSR count). The van der Waals surface area contributed by atoms with Gasteiger partial charge in [0.25, 0.3) is 5.91 Å². The zero-order valence-electron chi connectivity index (χ0n) is 13.8. The third-order valence-corrected chi connectivity index (χ3v) is 4.12. The van der Waals surface area contributed by atoms with Crippen molar-refractivity contribution < 1.29 is 9.59 Å². The molecule has 0 saturated heterocycles. The van der Waals surface area contributed by atoms with E-state index in [1.54, 1.807) is 12.1 Å². The van der Waals surface area contributed by atoms with Crippen LogP contribution in [0.5, 0.6) is 0 Å². The third-order valence-electron chi connectivity index (χ3n) is 3.14. The van der Waals surface area contributed by atoms with Gasteiger partial charge in [-0.25, -0.2) is 0 Å². The Bertz CT molecular complexity index is 672. The van der Waals surface area contributed by atoms with Crippen molar-refractivity contribution in [3.8, 4) is 0 Å². The van der Waals surface area contributed by atoms with Crippen LogP contribution < -0.4 is 10.6 Å². The van der Waals surface area contributed by atoms with Gasteiger partial charge in [0.1, 0.15) is 5.01 Å². The summed E-state index contributed by atoms with van der Waals surface area (Å²) in [5, 5.41) is 14.4. The van der Waals surface area contributed by atoms with Crippen LogP contribution in [-0.4, -0.2) is 54.1 Å². The van der Waals surface area contributed by atoms with Gasteiger partial charge in [-0.15, -0.1) is 10.2 Å². The zero-order valence-corrected chi connectivity index (χ0v) is 14.6. The molecule has 0 fully saturated rings. The molecule has 1 aromatic carbocycles. The molecular weight excluding hydrogens is 326 g/mol. The minimum absolute atomic E-state index is 0.0256. The molecule has 8 heteroatoms. The first-order chi connectivity index (χ1) is 11.5. The summed E-state index contributed by atoms with van der Waals surface area (Å²) in [5.74, 6) is -0.317. The van der Waals surface area contributed by atoms with Crippen molar-refractivity contribution in [3.63, 3.8) is 0 Å². The van der Waals surface area contributed by atoms with E-state index < -0.39 is 0 Å². The van der Waals surface area contributed by atoms with Crippen LogP contribution in [0.4, 0.5) is 5.69 Å². The van der Waals surface area contributed by atoms with Crippen molar-refractivity contribution in [2.24, 2.45) is 0 Å². The highest BCUT2D eigenvalue weighted by atomic mass is 32.1. The number of nitrogens with zero attached hydrogens (tertiary/aromatic N) is 3. The molecule has 2 amide bonds. The normalized spacial score (nSPS) is 10.6. The maximum atomic E-state index is 12.1. The van der Waals surface area contributed by atoms with Crippen molar-refractivity contribution >= 4 is 28.8 Å². The molecule has 0 aliphatic carbocycles. The molecule has 0 atom stereocenters. The topological polar surface area (TPSA) is 87.2 Å². The predicted molar refractivity (Wildman–Crippen MR) is 94.2 cm³/mol. The Morgan fingerprint density at radius 1 is 1.17 bits per heavy atom. The Hall–Kier alpha value is -2.32. The number of aromatic nitrogens is 2. The van der Waals surface area contributed by atoms with Crippen molar-refractivity contribution in [3.05, 3.63) is 40.3 Å². The highest BCUT2D eigenvalue weighted by Crippen LogP contribution is 2.14. The number of amides is 2. The molecular formula is C16H21N5O2S. The van der Waals surface area contributed by atoms with E-state index in [4.69, 9.17) is 0 Å². The van der Waals surface area contributed by atoms with Gasteiger partial charge in [-0.3, -0.25) is 9.59 Å². The van der Waals surface area contributed by atoms with Crippen LogP contribution in [0.25, 0.3) is 0 Å². The molecule has 0 radical (unpaired) electrons. The number of hydrogen-bond donors (Lipinski definition) is 2. The Morgan fingerprint density at radius 2 is 1.92 bits per heavy atom. The monoisotopic (exact) mass is 347 g/mol. The molecule has 0 aliphatic heterocycles. The molecule has 0 saturated carbocycles. The fourth-order valence-corrected chi connectivity index (χ4v) is 2.61. The van der Waals surface area contributed by atoms with Crippen LogP contribution in [0.1, 0.15) is 21.2 Å². The maximum Gasteiger partial charge on any atom is 0.286 e. The second kappa shape index (κ2) is 9.09. The molecule has 0 bridgehead atoms. The zero-order chi connectivity index (χ0) is 17.4. The average Bonchev–Trinajstić information content (AvgIpc) is 3.03. The third kappa shape index (κ3) is 6.05. The highest BCUT2D eigenvalue weighted by Gasteiger charge is 2.13. The van der Waals surface area contributed by atoms with E-state index in [2.05, 4.69) is 20.8 Å². The van der Waals surface area contributed by atoms with Crippen LogP contribution >= 0.6 is 11.3 Å². The summed E-state index contributed by atoms with van der Waals surface area (Å²) in [6.07, 6.45) is 0.812. The Morgan fingerprint density at radius 3 is 2.62 bits per heavy atom. The van der Waals surface area contributed by atoms with Gasteiger partial charge in [0.2, 0.25) is 10.9 Å². The average molecular weight is 347 g/mol. The molecule has 0 unspecified atom stereocenters. The van der Waals surface area contributed by atoms with Crippen LogP contribution in [0, 0.1) is 0 Å². The number of benzene rings is 1. The number of para-hydroxylation sites is 1. The summed E-state index contributed by atoms with van der Waals surface area (Å²) < 4.78 is 0. The lowest BCUT2D eigenvalue weighted by molar-refractivity contribution is -0.121. The summed E-state index contributed by atoms with van der Waals surface area (Å²) in [4.78, 5) is 25.8. The van der Waals surface area contributed by atoms with E-state index >= 15 is 0 Å². The van der Waals surface area contributed by atoms with Crippen LogP contribution in [0.2, 0.25) is 0 Å². The summed E-state index contributed by atoms with van der Waals surface area (Å²) in [7, 11) is 3.91. The number of anilines is 1. The van der Waals surface area contributed by atoms with E-state index in [-0.39, 0.29) is 11.8 Å². The van der Waals surface area contributed by atoms with Gasteiger partial charge in [-0.05, 0) is 26.2 Å². The van der Waals surface area contributed by atoms with Gasteiger partial charge < -0.3 is 15.5 Å². The van der Waals surface area contributed by atoms with Crippen molar-refractivity contribution in [2.45, 2.75) is 12.8 Å². The molecule has 1 heterocycles. The fraction of sp³-hybridized carbons (Fsp3) is 0.375. The Balaban J connectivity index is 1.78. The summed E-state index contributed by atoms with van der Waals surface area (Å²) >= 11 is 1.21. The first kappa shape index (κ1) is 18.0. The van der Waals surface area contributed by atoms with Crippen molar-refractivity contribution in [1.82, 2.24) is 20.4 Å².